The molecular formula is C40H27N5Si. The van der Waals surface area contributed by atoms with Crippen LogP contribution in [0, 0.1) is 0 Å². The maximum atomic E-state index is 5.29. The first-order valence-electron chi connectivity index (χ1n) is 15.4. The van der Waals surface area contributed by atoms with Crippen molar-refractivity contribution < 1.29 is 0 Å². The van der Waals surface area contributed by atoms with Crippen LogP contribution in [0.4, 0.5) is 0 Å². The third-order valence-electron chi connectivity index (χ3n) is 8.89. The van der Waals surface area contributed by atoms with Gasteiger partial charge in [-0.1, -0.05) is 146 Å². The summed E-state index contributed by atoms with van der Waals surface area (Å²) in [5, 5.41) is 3.94. The van der Waals surface area contributed by atoms with E-state index in [1.807, 2.05) is 60.7 Å². The van der Waals surface area contributed by atoms with Gasteiger partial charge in [-0.3, -0.25) is 0 Å². The lowest BCUT2D eigenvalue weighted by Crippen LogP contribution is -2.70. The fourth-order valence-electron chi connectivity index (χ4n) is 6.88. The fourth-order valence-corrected chi connectivity index (χ4v) is 11.9. The molecule has 0 spiro atoms. The van der Waals surface area contributed by atoms with Crippen LogP contribution in [0.3, 0.4) is 0 Å². The number of imidazole rings is 1. The second-order valence-corrected chi connectivity index (χ2v) is 15.1. The van der Waals surface area contributed by atoms with Crippen LogP contribution in [0.5, 0.6) is 0 Å². The molecule has 0 atom stereocenters. The van der Waals surface area contributed by atoms with Gasteiger partial charge in [-0.2, -0.15) is 0 Å². The highest BCUT2D eigenvalue weighted by atomic mass is 28.3. The van der Waals surface area contributed by atoms with Crippen LogP contribution in [-0.4, -0.2) is 32.4 Å². The molecule has 46 heavy (non-hydrogen) atoms. The zero-order valence-corrected chi connectivity index (χ0v) is 25.8. The molecule has 8 aromatic rings. The Morgan fingerprint density at radius 3 is 1.46 bits per heavy atom. The Morgan fingerprint density at radius 2 is 0.891 bits per heavy atom. The van der Waals surface area contributed by atoms with E-state index in [1.165, 1.54) is 15.6 Å². The van der Waals surface area contributed by atoms with Crippen LogP contribution in [0.2, 0.25) is 0 Å². The van der Waals surface area contributed by atoms with E-state index in [0.29, 0.717) is 17.5 Å². The average molecular weight is 606 g/mol. The third kappa shape index (κ3) is 4.01. The van der Waals surface area contributed by atoms with Crippen LogP contribution in [0.15, 0.2) is 164 Å². The molecular weight excluding hydrogens is 579 g/mol. The van der Waals surface area contributed by atoms with Gasteiger partial charge in [-0.25, -0.2) is 19.9 Å². The second-order valence-electron chi connectivity index (χ2n) is 11.5. The molecule has 0 bridgehead atoms. The molecule has 6 aromatic carbocycles. The van der Waals surface area contributed by atoms with Crippen molar-refractivity contribution in [1.82, 2.24) is 24.2 Å². The molecule has 0 fully saturated rings. The molecule has 0 saturated heterocycles. The lowest BCUT2D eigenvalue weighted by Gasteiger charge is -2.32. The number of benzene rings is 6. The number of aromatic nitrogens is 5. The van der Waals surface area contributed by atoms with Crippen molar-refractivity contribution in [2.24, 2.45) is 0 Å². The topological polar surface area (TPSA) is 56.5 Å². The summed E-state index contributed by atoms with van der Waals surface area (Å²) in [6.45, 7) is 0. The molecule has 3 heterocycles. The molecule has 0 radical (unpaired) electrons. The molecule has 5 nitrogen and oxygen atoms in total. The molecule has 9 rings (SSSR count). The molecule has 216 valence electrons. The Hall–Kier alpha value is -5.98. The first-order valence-corrected chi connectivity index (χ1v) is 17.4. The van der Waals surface area contributed by atoms with E-state index in [-0.39, 0.29) is 0 Å². The van der Waals surface area contributed by atoms with Crippen molar-refractivity contribution in [2.75, 3.05) is 0 Å². The summed E-state index contributed by atoms with van der Waals surface area (Å²) >= 11 is 0. The van der Waals surface area contributed by atoms with Gasteiger partial charge < -0.3 is 4.23 Å². The van der Waals surface area contributed by atoms with Gasteiger partial charge in [-0.15, -0.1) is 0 Å². The zero-order chi connectivity index (χ0) is 30.5. The van der Waals surface area contributed by atoms with Gasteiger partial charge in [0.25, 0.3) is 8.24 Å². The van der Waals surface area contributed by atoms with Crippen LogP contribution in [0.25, 0.3) is 56.6 Å². The van der Waals surface area contributed by atoms with Gasteiger partial charge in [0.2, 0.25) is 0 Å². The zero-order valence-electron chi connectivity index (χ0n) is 24.8. The number of para-hydroxylation sites is 2. The number of fused-ring (bicyclic) bond motifs is 5. The molecule has 2 aromatic heterocycles. The van der Waals surface area contributed by atoms with E-state index in [9.17, 15) is 0 Å². The quantitative estimate of drug-likeness (QED) is 0.205. The number of hydrogen-bond donors (Lipinski definition) is 0. The van der Waals surface area contributed by atoms with E-state index >= 15 is 0 Å². The first kappa shape index (κ1) is 26.4. The van der Waals surface area contributed by atoms with Crippen molar-refractivity contribution in [2.45, 2.75) is 0 Å². The van der Waals surface area contributed by atoms with Crippen molar-refractivity contribution in [3.05, 3.63) is 164 Å². The predicted molar refractivity (Wildman–Crippen MR) is 188 cm³/mol. The highest BCUT2D eigenvalue weighted by molar-refractivity contribution is 7.12. The van der Waals surface area contributed by atoms with Crippen molar-refractivity contribution in [1.29, 1.82) is 0 Å². The SMILES string of the molecule is c1ccc(-c2nc(-c3ccccc3)nc(-c3ccc4c(c3)-c3nc5ccccc5n3[Si]4(c3ccccc3)c3ccccc3)n2)cc1. The Labute approximate surface area is 267 Å². The molecule has 0 amide bonds. The van der Waals surface area contributed by atoms with Crippen molar-refractivity contribution in [3.8, 4) is 45.6 Å². The summed E-state index contributed by atoms with van der Waals surface area (Å²) in [7, 11) is -2.79. The van der Waals surface area contributed by atoms with Crippen molar-refractivity contribution >= 4 is 34.8 Å². The molecule has 0 N–H and O–H groups in total. The number of nitrogens with zero attached hydrogens (tertiary/aromatic N) is 5. The summed E-state index contributed by atoms with van der Waals surface area (Å²) in [4.78, 5) is 20.3. The number of hydrogen-bond acceptors (Lipinski definition) is 4. The normalized spacial score (nSPS) is 13.0. The van der Waals surface area contributed by atoms with Crippen LogP contribution in [-0.2, 0) is 0 Å². The lowest BCUT2D eigenvalue weighted by molar-refractivity contribution is 1.07. The van der Waals surface area contributed by atoms with Gasteiger partial charge >= 0.3 is 0 Å². The monoisotopic (exact) mass is 605 g/mol. The Bertz CT molecular complexity index is 2260. The fraction of sp³-hybridized carbons (Fsp3) is 0. The van der Waals surface area contributed by atoms with Crippen LogP contribution < -0.4 is 15.6 Å². The average Bonchev–Trinajstić information content (AvgIpc) is 3.66. The highest BCUT2D eigenvalue weighted by Crippen LogP contribution is 2.37. The van der Waals surface area contributed by atoms with E-state index in [0.717, 1.165) is 39.1 Å². The number of rotatable bonds is 5. The molecule has 1 aliphatic heterocycles. The maximum absolute atomic E-state index is 5.29. The van der Waals surface area contributed by atoms with Gasteiger partial charge in [0.05, 0.1) is 11.0 Å². The van der Waals surface area contributed by atoms with E-state index in [1.54, 1.807) is 0 Å². The van der Waals surface area contributed by atoms with E-state index in [4.69, 9.17) is 19.9 Å². The largest absolute Gasteiger partial charge is 0.339 e. The second kappa shape index (κ2) is 10.6. The van der Waals surface area contributed by atoms with Gasteiger partial charge in [0.1, 0.15) is 5.82 Å². The van der Waals surface area contributed by atoms with Gasteiger partial charge in [0.15, 0.2) is 17.5 Å². The first-order chi connectivity index (χ1) is 22.8. The predicted octanol–water partition coefficient (Wildman–Crippen LogP) is 6.72. The van der Waals surface area contributed by atoms with Crippen LogP contribution >= 0.6 is 0 Å². The molecule has 1 aliphatic rings. The third-order valence-corrected chi connectivity index (χ3v) is 13.6. The summed E-state index contributed by atoms with van der Waals surface area (Å²) in [5.74, 6) is 2.92. The van der Waals surface area contributed by atoms with E-state index in [2.05, 4.69) is 107 Å². The minimum absolute atomic E-state index is 0.636. The minimum Gasteiger partial charge on any atom is -0.339 e. The molecule has 6 heteroatoms. The summed E-state index contributed by atoms with van der Waals surface area (Å²) in [6, 6.07) is 57.4. The summed E-state index contributed by atoms with van der Waals surface area (Å²) in [6.07, 6.45) is 0. The Balaban J connectivity index is 1.33. The summed E-state index contributed by atoms with van der Waals surface area (Å²) < 4.78 is 2.56. The standard InChI is InChI=1S/C40H27N5Si/c1-5-15-28(16-6-1)37-42-38(29-17-7-2-8-18-29)44-39(43-37)30-25-26-36-33(27-30)40-41-34-23-13-14-24-35(34)45(40)46(36,31-19-9-3-10-20-31)32-21-11-4-12-22-32/h1-27H. The smallest absolute Gasteiger partial charge is 0.259 e. The maximum Gasteiger partial charge on any atom is 0.259 e. The Kier molecular flexibility index (Phi) is 6.08. The summed E-state index contributed by atoms with van der Waals surface area (Å²) in [5.41, 5.74) is 6.09. The van der Waals surface area contributed by atoms with Crippen LogP contribution in [0.1, 0.15) is 0 Å². The highest BCUT2D eigenvalue weighted by Gasteiger charge is 2.51. The van der Waals surface area contributed by atoms with Gasteiger partial charge in [-0.05, 0) is 33.8 Å². The molecule has 0 saturated carbocycles. The van der Waals surface area contributed by atoms with Crippen molar-refractivity contribution in [3.63, 3.8) is 0 Å². The molecule has 0 aliphatic carbocycles. The molecule has 0 unspecified atom stereocenters. The Morgan fingerprint density at radius 1 is 0.413 bits per heavy atom. The minimum atomic E-state index is -2.79. The lowest BCUT2D eigenvalue weighted by atomic mass is 10.1. The van der Waals surface area contributed by atoms with E-state index < -0.39 is 8.24 Å². The van der Waals surface area contributed by atoms with Gasteiger partial charge in [0, 0.05) is 22.3 Å².